The lowest BCUT2D eigenvalue weighted by Crippen LogP contribution is -2.44. The molecule has 3 aliphatic rings. The molecule has 1 spiro atoms. The number of rotatable bonds is 4. The minimum Gasteiger partial charge on any atom is -0.370 e. The van der Waals surface area contributed by atoms with Gasteiger partial charge >= 0.3 is 0 Å². The van der Waals surface area contributed by atoms with Gasteiger partial charge in [-0.1, -0.05) is 32.4 Å². The Hall–Kier alpha value is -1.17. The number of nitrogens with zero attached hydrogens (tertiary/aromatic N) is 2. The molecule has 3 fully saturated rings. The Morgan fingerprint density at radius 1 is 1.50 bits per heavy atom. The van der Waals surface area contributed by atoms with Gasteiger partial charge in [0.1, 0.15) is 0 Å². The van der Waals surface area contributed by atoms with Gasteiger partial charge in [-0.25, -0.2) is 0 Å². The number of ether oxygens (including phenoxy) is 1. The molecule has 0 aliphatic carbocycles. The molecule has 26 heavy (non-hydrogen) atoms. The van der Waals surface area contributed by atoms with Crippen LogP contribution < -0.4 is 5.32 Å². The molecule has 0 aromatic carbocycles. The van der Waals surface area contributed by atoms with Crippen LogP contribution in [-0.4, -0.2) is 47.1 Å². The SMILES string of the molecule is CC(C)(C)C(=O)NC[C@H]1[C@H]2CN(Cc3ccncc3Cl)C[C@]23CC[C@H]1O3. The van der Waals surface area contributed by atoms with Crippen LogP contribution in [0.2, 0.25) is 5.02 Å². The minimum atomic E-state index is -0.351. The molecule has 4 atom stereocenters. The Morgan fingerprint density at radius 2 is 2.31 bits per heavy atom. The van der Waals surface area contributed by atoms with E-state index >= 15 is 0 Å². The number of carbonyl (C=O) groups is 1. The fourth-order valence-electron chi connectivity index (χ4n) is 4.93. The number of pyridine rings is 1. The second-order valence-corrected chi connectivity index (χ2v) is 9.53. The van der Waals surface area contributed by atoms with Crippen molar-refractivity contribution in [2.75, 3.05) is 19.6 Å². The number of nitrogens with one attached hydrogen (secondary N) is 1. The molecule has 3 aliphatic heterocycles. The second kappa shape index (κ2) is 6.47. The van der Waals surface area contributed by atoms with Gasteiger partial charge in [-0.15, -0.1) is 0 Å². The molecular formula is C20H28ClN3O2. The standard InChI is InChI=1S/C20H28ClN3O2/c1-19(2,3)18(25)23-8-14-15-11-24(10-13-5-7-22-9-16(13)21)12-20(15)6-4-17(14)26-20/h5,7,9,14-15,17H,4,6,8,10-12H2,1-3H3,(H,23,25)/t14-,15+,17+,20+/m0/s1. The summed E-state index contributed by atoms with van der Waals surface area (Å²) in [5.41, 5.74) is 0.738. The van der Waals surface area contributed by atoms with Crippen molar-refractivity contribution in [3.63, 3.8) is 0 Å². The summed E-state index contributed by atoms with van der Waals surface area (Å²) in [6, 6.07) is 1.99. The second-order valence-electron chi connectivity index (χ2n) is 9.13. The van der Waals surface area contributed by atoms with Crippen molar-refractivity contribution in [2.24, 2.45) is 17.3 Å². The zero-order valence-corrected chi connectivity index (χ0v) is 16.6. The van der Waals surface area contributed by atoms with Crippen molar-refractivity contribution in [1.82, 2.24) is 15.2 Å². The molecule has 2 bridgehead atoms. The first-order valence-electron chi connectivity index (χ1n) is 9.55. The average Bonchev–Trinajstić information content (AvgIpc) is 3.21. The Bertz CT molecular complexity index is 705. The third-order valence-corrected chi connectivity index (χ3v) is 6.62. The van der Waals surface area contributed by atoms with Crippen LogP contribution in [0.1, 0.15) is 39.2 Å². The van der Waals surface area contributed by atoms with Crippen molar-refractivity contribution in [3.05, 3.63) is 29.0 Å². The zero-order chi connectivity index (χ0) is 18.5. The van der Waals surface area contributed by atoms with Crippen LogP contribution in [0.3, 0.4) is 0 Å². The zero-order valence-electron chi connectivity index (χ0n) is 15.8. The number of amides is 1. The number of hydrogen-bond acceptors (Lipinski definition) is 4. The van der Waals surface area contributed by atoms with E-state index in [9.17, 15) is 4.79 Å². The van der Waals surface area contributed by atoms with Gasteiger partial charge in [0.05, 0.1) is 16.7 Å². The van der Waals surface area contributed by atoms with E-state index in [1.165, 1.54) is 0 Å². The highest BCUT2D eigenvalue weighted by atomic mass is 35.5. The molecule has 5 nitrogen and oxygen atoms in total. The fourth-order valence-corrected chi connectivity index (χ4v) is 5.11. The van der Waals surface area contributed by atoms with Crippen LogP contribution >= 0.6 is 11.6 Å². The van der Waals surface area contributed by atoms with E-state index in [2.05, 4.69) is 15.2 Å². The summed E-state index contributed by atoms with van der Waals surface area (Å²) in [5.74, 6) is 1.02. The van der Waals surface area contributed by atoms with Crippen LogP contribution in [-0.2, 0) is 16.1 Å². The molecule has 0 radical (unpaired) electrons. The Balaban J connectivity index is 1.43. The highest BCUT2D eigenvalue weighted by Gasteiger charge is 2.62. The average molecular weight is 378 g/mol. The first kappa shape index (κ1) is 18.2. The highest BCUT2D eigenvalue weighted by molar-refractivity contribution is 6.31. The predicted molar refractivity (Wildman–Crippen MR) is 101 cm³/mol. The van der Waals surface area contributed by atoms with Crippen molar-refractivity contribution in [3.8, 4) is 0 Å². The first-order chi connectivity index (χ1) is 12.3. The number of hydrogen-bond donors (Lipinski definition) is 1. The molecule has 1 amide bonds. The van der Waals surface area contributed by atoms with Gasteiger partial charge in [0.15, 0.2) is 0 Å². The van der Waals surface area contributed by atoms with E-state index in [-0.39, 0.29) is 16.9 Å². The normalized spacial score (nSPS) is 33.5. The van der Waals surface area contributed by atoms with Gasteiger partial charge in [-0.05, 0) is 24.5 Å². The maximum absolute atomic E-state index is 12.3. The molecule has 142 valence electrons. The van der Waals surface area contributed by atoms with Gasteiger partial charge in [0.25, 0.3) is 0 Å². The number of aromatic nitrogens is 1. The van der Waals surface area contributed by atoms with Crippen LogP contribution in [0.5, 0.6) is 0 Å². The predicted octanol–water partition coefficient (Wildman–Crippen LogP) is 2.88. The lowest BCUT2D eigenvalue weighted by atomic mass is 9.73. The smallest absolute Gasteiger partial charge is 0.225 e. The Kier molecular flexibility index (Phi) is 4.53. The molecule has 1 aromatic rings. The summed E-state index contributed by atoms with van der Waals surface area (Å²) in [4.78, 5) is 18.8. The van der Waals surface area contributed by atoms with E-state index in [1.807, 2.05) is 26.8 Å². The highest BCUT2D eigenvalue weighted by Crippen LogP contribution is 2.54. The molecule has 3 saturated heterocycles. The molecule has 4 heterocycles. The maximum atomic E-state index is 12.3. The summed E-state index contributed by atoms with van der Waals surface area (Å²) >= 11 is 6.29. The Morgan fingerprint density at radius 3 is 3.04 bits per heavy atom. The first-order valence-corrected chi connectivity index (χ1v) is 9.93. The molecule has 0 unspecified atom stereocenters. The van der Waals surface area contributed by atoms with E-state index in [0.29, 0.717) is 17.9 Å². The number of likely N-dealkylation sites (tertiary alicyclic amines) is 1. The lowest BCUT2D eigenvalue weighted by molar-refractivity contribution is -0.128. The fraction of sp³-hybridized carbons (Fsp3) is 0.700. The molecule has 4 rings (SSSR count). The van der Waals surface area contributed by atoms with Gasteiger partial charge in [0, 0.05) is 55.8 Å². The van der Waals surface area contributed by atoms with Gasteiger partial charge < -0.3 is 10.1 Å². The van der Waals surface area contributed by atoms with Crippen molar-refractivity contribution < 1.29 is 9.53 Å². The topological polar surface area (TPSA) is 54.5 Å². The lowest BCUT2D eigenvalue weighted by Gasteiger charge is -2.30. The minimum absolute atomic E-state index is 0.0265. The van der Waals surface area contributed by atoms with Crippen LogP contribution in [0.15, 0.2) is 18.5 Å². The number of halogens is 1. The third kappa shape index (κ3) is 3.14. The number of fused-ring (bicyclic) bond motifs is 1. The van der Waals surface area contributed by atoms with Crippen molar-refractivity contribution >= 4 is 17.5 Å². The van der Waals surface area contributed by atoms with Crippen LogP contribution in [0, 0.1) is 17.3 Å². The van der Waals surface area contributed by atoms with E-state index in [4.69, 9.17) is 16.3 Å². The van der Waals surface area contributed by atoms with E-state index in [0.717, 1.165) is 49.6 Å². The van der Waals surface area contributed by atoms with Gasteiger partial charge in [0.2, 0.25) is 5.91 Å². The summed E-state index contributed by atoms with van der Waals surface area (Å²) in [5, 5.41) is 3.89. The summed E-state index contributed by atoms with van der Waals surface area (Å²) in [7, 11) is 0. The summed E-state index contributed by atoms with van der Waals surface area (Å²) < 4.78 is 6.47. The number of carbonyl (C=O) groups excluding carboxylic acids is 1. The molecule has 6 heteroatoms. The largest absolute Gasteiger partial charge is 0.370 e. The molecule has 1 N–H and O–H groups in total. The third-order valence-electron chi connectivity index (χ3n) is 6.28. The van der Waals surface area contributed by atoms with Crippen molar-refractivity contribution in [2.45, 2.75) is 51.9 Å². The van der Waals surface area contributed by atoms with Crippen LogP contribution in [0.25, 0.3) is 0 Å². The Labute approximate surface area is 160 Å². The van der Waals surface area contributed by atoms with Crippen molar-refractivity contribution in [1.29, 1.82) is 0 Å². The quantitative estimate of drug-likeness (QED) is 0.876. The summed E-state index contributed by atoms with van der Waals surface area (Å²) in [6.45, 7) is 9.37. The summed E-state index contributed by atoms with van der Waals surface area (Å²) in [6.07, 6.45) is 6.04. The molecular weight excluding hydrogens is 350 g/mol. The van der Waals surface area contributed by atoms with Crippen LogP contribution in [0.4, 0.5) is 0 Å². The van der Waals surface area contributed by atoms with Gasteiger partial charge in [-0.3, -0.25) is 14.7 Å². The molecule has 0 saturated carbocycles. The maximum Gasteiger partial charge on any atom is 0.225 e. The monoisotopic (exact) mass is 377 g/mol. The molecule has 1 aromatic heterocycles. The van der Waals surface area contributed by atoms with Gasteiger partial charge in [-0.2, -0.15) is 0 Å². The van der Waals surface area contributed by atoms with E-state index < -0.39 is 0 Å². The van der Waals surface area contributed by atoms with E-state index in [1.54, 1.807) is 12.4 Å².